The molecule has 0 fully saturated rings. The number of aryl methyl sites for hydroxylation is 1. The van der Waals surface area contributed by atoms with Crippen molar-refractivity contribution in [1.29, 1.82) is 0 Å². The summed E-state index contributed by atoms with van der Waals surface area (Å²) in [5.41, 5.74) is 5.88. The third-order valence-corrected chi connectivity index (χ3v) is 2.84. The number of rotatable bonds is 2. The van der Waals surface area contributed by atoms with Crippen molar-refractivity contribution in [3.8, 4) is 0 Å². The molecule has 3 rings (SSSR count). The van der Waals surface area contributed by atoms with Gasteiger partial charge in [0.05, 0.1) is 5.69 Å². The minimum atomic E-state index is 0.453. The number of fused-ring (bicyclic) bond motifs is 1. The Kier molecular flexibility index (Phi) is 2.93. The number of hydrazone groups is 1. The summed E-state index contributed by atoms with van der Waals surface area (Å²) in [5.74, 6) is 0. The van der Waals surface area contributed by atoms with Crippen LogP contribution in [0.1, 0.15) is 17.8 Å². The number of benzene rings is 1. The van der Waals surface area contributed by atoms with Crippen LogP contribution in [0.3, 0.4) is 0 Å². The van der Waals surface area contributed by atoms with Crippen LogP contribution in [0, 0.1) is 0 Å². The predicted molar refractivity (Wildman–Crippen MR) is 68.4 cm³/mol. The Morgan fingerprint density at radius 2 is 2.00 bits per heavy atom. The van der Waals surface area contributed by atoms with Gasteiger partial charge in [0.2, 0.25) is 0 Å². The Morgan fingerprint density at radius 1 is 1.16 bits per heavy atom. The van der Waals surface area contributed by atoms with Gasteiger partial charge in [-0.3, -0.25) is 5.43 Å². The standard InChI is InChI=1S/C12H11N5O2/c18-15-9-6-7-10-12(17-19-16-10)11(9)14-13-8-4-2-1-3-5-8/h1-5,13,18H,6-7H2/b14-11+,15-9+. The summed E-state index contributed by atoms with van der Waals surface area (Å²) in [4.78, 5) is 0. The highest BCUT2D eigenvalue weighted by Crippen LogP contribution is 2.17. The largest absolute Gasteiger partial charge is 0.411 e. The molecule has 0 radical (unpaired) electrons. The van der Waals surface area contributed by atoms with Gasteiger partial charge in [-0.05, 0) is 17.3 Å². The molecular formula is C12H11N5O2. The average Bonchev–Trinajstić information content (AvgIpc) is 2.94. The summed E-state index contributed by atoms with van der Waals surface area (Å²) in [6.45, 7) is 0. The third-order valence-electron chi connectivity index (χ3n) is 2.84. The predicted octanol–water partition coefficient (Wildman–Crippen LogP) is 1.66. The lowest BCUT2D eigenvalue weighted by Crippen LogP contribution is -2.24. The average molecular weight is 257 g/mol. The lowest BCUT2D eigenvalue weighted by molar-refractivity contribution is 0.303. The van der Waals surface area contributed by atoms with E-state index in [1.807, 2.05) is 30.3 Å². The van der Waals surface area contributed by atoms with Gasteiger partial charge in [-0.1, -0.05) is 28.5 Å². The molecule has 0 spiro atoms. The molecule has 96 valence electrons. The van der Waals surface area contributed by atoms with E-state index in [0.717, 1.165) is 11.4 Å². The fourth-order valence-electron chi connectivity index (χ4n) is 1.89. The summed E-state index contributed by atoms with van der Waals surface area (Å²) < 4.78 is 4.70. The molecule has 0 atom stereocenters. The number of para-hydroxylation sites is 1. The highest BCUT2D eigenvalue weighted by Gasteiger charge is 2.27. The molecule has 1 aliphatic rings. The zero-order valence-corrected chi connectivity index (χ0v) is 9.95. The lowest BCUT2D eigenvalue weighted by Gasteiger charge is -2.11. The Morgan fingerprint density at radius 3 is 2.79 bits per heavy atom. The van der Waals surface area contributed by atoms with Crippen molar-refractivity contribution < 1.29 is 9.84 Å². The first-order valence-electron chi connectivity index (χ1n) is 5.80. The number of aromatic nitrogens is 2. The minimum Gasteiger partial charge on any atom is -0.411 e. The van der Waals surface area contributed by atoms with Crippen LogP contribution in [-0.2, 0) is 6.42 Å². The van der Waals surface area contributed by atoms with E-state index in [1.165, 1.54) is 0 Å². The van der Waals surface area contributed by atoms with Crippen LogP contribution in [-0.4, -0.2) is 26.9 Å². The maximum absolute atomic E-state index is 9.02. The zero-order chi connectivity index (χ0) is 13.1. The first-order valence-corrected chi connectivity index (χ1v) is 5.80. The molecule has 2 N–H and O–H groups in total. The van der Waals surface area contributed by atoms with Gasteiger partial charge in [-0.15, -0.1) is 0 Å². The Bertz CT molecular complexity index is 633. The van der Waals surface area contributed by atoms with Gasteiger partial charge in [0.25, 0.3) is 0 Å². The number of hydrogen-bond donors (Lipinski definition) is 2. The van der Waals surface area contributed by atoms with Crippen LogP contribution in [0.5, 0.6) is 0 Å². The maximum atomic E-state index is 9.02. The van der Waals surface area contributed by atoms with Crippen LogP contribution in [0.15, 0.2) is 45.2 Å². The Hall–Kier alpha value is -2.70. The monoisotopic (exact) mass is 257 g/mol. The molecular weight excluding hydrogens is 246 g/mol. The fourth-order valence-corrected chi connectivity index (χ4v) is 1.89. The second kappa shape index (κ2) is 4.89. The van der Waals surface area contributed by atoms with Gasteiger partial charge in [0.15, 0.2) is 5.69 Å². The van der Waals surface area contributed by atoms with Crippen molar-refractivity contribution >= 4 is 17.1 Å². The molecule has 7 heteroatoms. The van der Waals surface area contributed by atoms with Gasteiger partial charge in [0.1, 0.15) is 17.1 Å². The Balaban J connectivity index is 1.94. The van der Waals surface area contributed by atoms with E-state index in [4.69, 9.17) is 9.84 Å². The van der Waals surface area contributed by atoms with Crippen LogP contribution >= 0.6 is 0 Å². The molecule has 1 aliphatic carbocycles. The van der Waals surface area contributed by atoms with Crippen molar-refractivity contribution in [2.24, 2.45) is 10.3 Å². The van der Waals surface area contributed by atoms with Crippen molar-refractivity contribution in [1.82, 2.24) is 10.3 Å². The van der Waals surface area contributed by atoms with Gasteiger partial charge in [-0.2, -0.15) is 5.10 Å². The van der Waals surface area contributed by atoms with Crippen molar-refractivity contribution in [2.45, 2.75) is 12.8 Å². The zero-order valence-electron chi connectivity index (χ0n) is 9.95. The van der Waals surface area contributed by atoms with Crippen molar-refractivity contribution in [3.05, 3.63) is 41.7 Å². The van der Waals surface area contributed by atoms with Crippen LogP contribution in [0.25, 0.3) is 0 Å². The quantitative estimate of drug-likeness (QED) is 0.630. The highest BCUT2D eigenvalue weighted by atomic mass is 16.6. The molecule has 0 saturated heterocycles. The second-order valence-corrected chi connectivity index (χ2v) is 4.04. The van der Waals surface area contributed by atoms with Gasteiger partial charge < -0.3 is 5.21 Å². The fraction of sp³-hybridized carbons (Fsp3) is 0.167. The summed E-state index contributed by atoms with van der Waals surface area (Å²) in [6, 6.07) is 9.47. The molecule has 0 saturated carbocycles. The molecule has 1 aromatic carbocycles. The first kappa shape index (κ1) is 11.4. The molecule has 0 amide bonds. The number of hydrogen-bond acceptors (Lipinski definition) is 7. The second-order valence-electron chi connectivity index (χ2n) is 4.04. The summed E-state index contributed by atoms with van der Waals surface area (Å²) >= 11 is 0. The van der Waals surface area contributed by atoms with Gasteiger partial charge in [0, 0.05) is 12.8 Å². The summed E-state index contributed by atoms with van der Waals surface area (Å²) in [6.07, 6.45) is 1.18. The SMILES string of the molecule is O/N=C1\CCc2nonc2\C1=N\Nc1ccccc1. The van der Waals surface area contributed by atoms with E-state index in [0.29, 0.717) is 30.0 Å². The smallest absolute Gasteiger partial charge is 0.160 e. The topological polar surface area (TPSA) is 95.9 Å². The molecule has 2 aromatic rings. The number of nitrogens with one attached hydrogen (secondary N) is 1. The normalized spacial score (nSPS) is 18.5. The van der Waals surface area contributed by atoms with E-state index in [-0.39, 0.29) is 0 Å². The number of nitrogens with zero attached hydrogens (tertiary/aromatic N) is 4. The molecule has 0 bridgehead atoms. The third kappa shape index (κ3) is 2.17. The lowest BCUT2D eigenvalue weighted by atomic mass is 9.97. The minimum absolute atomic E-state index is 0.453. The molecule has 19 heavy (non-hydrogen) atoms. The van der Waals surface area contributed by atoms with E-state index in [1.54, 1.807) is 0 Å². The van der Waals surface area contributed by atoms with E-state index < -0.39 is 0 Å². The molecule has 7 nitrogen and oxygen atoms in total. The van der Waals surface area contributed by atoms with Crippen LogP contribution < -0.4 is 5.43 Å². The summed E-state index contributed by atoms with van der Waals surface area (Å²) in [5, 5.41) is 24.1. The highest BCUT2D eigenvalue weighted by molar-refractivity contribution is 6.48. The molecule has 1 aromatic heterocycles. The number of anilines is 1. The van der Waals surface area contributed by atoms with Gasteiger partial charge in [-0.25, -0.2) is 4.63 Å². The Labute approximate surface area is 108 Å². The van der Waals surface area contributed by atoms with Crippen LogP contribution in [0.4, 0.5) is 5.69 Å². The molecule has 0 aliphatic heterocycles. The number of oxime groups is 1. The maximum Gasteiger partial charge on any atom is 0.160 e. The summed E-state index contributed by atoms with van der Waals surface area (Å²) in [7, 11) is 0. The van der Waals surface area contributed by atoms with E-state index in [2.05, 4.69) is 26.0 Å². The first-order chi connectivity index (χ1) is 9.38. The van der Waals surface area contributed by atoms with E-state index >= 15 is 0 Å². The van der Waals surface area contributed by atoms with Crippen molar-refractivity contribution in [3.63, 3.8) is 0 Å². The van der Waals surface area contributed by atoms with E-state index in [9.17, 15) is 0 Å². The van der Waals surface area contributed by atoms with Crippen molar-refractivity contribution in [2.75, 3.05) is 5.43 Å². The molecule has 0 unspecified atom stereocenters. The molecule has 1 heterocycles. The van der Waals surface area contributed by atoms with Crippen LogP contribution in [0.2, 0.25) is 0 Å². The van der Waals surface area contributed by atoms with Gasteiger partial charge >= 0.3 is 0 Å².